The van der Waals surface area contributed by atoms with Gasteiger partial charge in [-0.1, -0.05) is 12.1 Å². The fourth-order valence-electron chi connectivity index (χ4n) is 2.23. The molecule has 2 heterocycles. The summed E-state index contributed by atoms with van der Waals surface area (Å²) >= 11 is 5.28. The molecule has 0 saturated carbocycles. The number of hydrogen-bond donors (Lipinski definition) is 1. The third-order valence-electron chi connectivity index (χ3n) is 3.28. The third kappa shape index (κ3) is 2.70. The van der Waals surface area contributed by atoms with Gasteiger partial charge < -0.3 is 14.1 Å². The van der Waals surface area contributed by atoms with Crippen LogP contribution in [0, 0.1) is 3.57 Å². The van der Waals surface area contributed by atoms with E-state index in [1.54, 1.807) is 12.4 Å². The van der Waals surface area contributed by atoms with E-state index in [4.69, 9.17) is 0 Å². The molecule has 0 atom stereocenters. The molecule has 112 valence electrons. The average molecular weight is 473 g/mol. The van der Waals surface area contributed by atoms with Gasteiger partial charge in [0.15, 0.2) is 11.3 Å². The standard InChI is InChI=1S/C15H10BrIN2O3/c16-11-8-18-4-5-19(7-9-2-1-3-10(17)6-9)15(22)12(18)14(21)13(11)20/h1-6,8,21H,7H2. The van der Waals surface area contributed by atoms with Crippen molar-refractivity contribution in [1.82, 2.24) is 8.97 Å². The van der Waals surface area contributed by atoms with Crippen LogP contribution in [0.5, 0.6) is 5.75 Å². The van der Waals surface area contributed by atoms with Gasteiger partial charge in [-0.25, -0.2) is 0 Å². The van der Waals surface area contributed by atoms with Gasteiger partial charge in [0.25, 0.3) is 5.56 Å². The second-order valence-electron chi connectivity index (χ2n) is 4.77. The van der Waals surface area contributed by atoms with Crippen molar-refractivity contribution in [3.63, 3.8) is 0 Å². The van der Waals surface area contributed by atoms with Crippen molar-refractivity contribution in [1.29, 1.82) is 0 Å². The summed E-state index contributed by atoms with van der Waals surface area (Å²) in [4.78, 5) is 24.3. The Kier molecular flexibility index (Phi) is 4.09. The van der Waals surface area contributed by atoms with Crippen LogP contribution in [0.3, 0.4) is 0 Å². The molecule has 0 aliphatic rings. The predicted molar refractivity (Wildman–Crippen MR) is 95.6 cm³/mol. The maximum Gasteiger partial charge on any atom is 0.279 e. The van der Waals surface area contributed by atoms with E-state index in [0.29, 0.717) is 6.54 Å². The third-order valence-corrected chi connectivity index (χ3v) is 4.52. The van der Waals surface area contributed by atoms with Crippen LogP contribution in [0.25, 0.3) is 5.52 Å². The monoisotopic (exact) mass is 472 g/mol. The fraction of sp³-hybridized carbons (Fsp3) is 0.0667. The minimum atomic E-state index is -0.593. The first-order chi connectivity index (χ1) is 10.5. The highest BCUT2D eigenvalue weighted by atomic mass is 127. The van der Waals surface area contributed by atoms with E-state index >= 15 is 0 Å². The normalized spacial score (nSPS) is 11.0. The minimum absolute atomic E-state index is 0.0265. The van der Waals surface area contributed by atoms with Crippen molar-refractivity contribution in [2.24, 2.45) is 0 Å². The summed E-state index contributed by atoms with van der Waals surface area (Å²) in [5.41, 5.74) is -0.0637. The van der Waals surface area contributed by atoms with Gasteiger partial charge in [0.05, 0.1) is 11.0 Å². The molecule has 0 aliphatic heterocycles. The van der Waals surface area contributed by atoms with E-state index in [1.807, 2.05) is 24.3 Å². The molecule has 22 heavy (non-hydrogen) atoms. The van der Waals surface area contributed by atoms with Gasteiger partial charge in [0, 0.05) is 22.2 Å². The molecular formula is C15H10BrIN2O3. The molecule has 0 fully saturated rings. The van der Waals surface area contributed by atoms with Gasteiger partial charge in [0.2, 0.25) is 5.43 Å². The van der Waals surface area contributed by atoms with E-state index < -0.39 is 16.7 Å². The Bertz CT molecular complexity index is 994. The number of pyridine rings is 1. The van der Waals surface area contributed by atoms with Gasteiger partial charge in [-0.2, -0.15) is 0 Å². The number of fused-ring (bicyclic) bond motifs is 1. The molecule has 0 aliphatic carbocycles. The van der Waals surface area contributed by atoms with Crippen LogP contribution in [-0.4, -0.2) is 14.1 Å². The maximum absolute atomic E-state index is 12.5. The Morgan fingerprint density at radius 1 is 1.23 bits per heavy atom. The number of nitrogens with zero attached hydrogens (tertiary/aromatic N) is 2. The molecule has 0 spiro atoms. The number of halogens is 2. The lowest BCUT2D eigenvalue weighted by Crippen LogP contribution is -2.24. The van der Waals surface area contributed by atoms with Crippen LogP contribution < -0.4 is 11.0 Å². The van der Waals surface area contributed by atoms with Gasteiger partial charge >= 0.3 is 0 Å². The van der Waals surface area contributed by atoms with E-state index in [9.17, 15) is 14.7 Å². The van der Waals surface area contributed by atoms with Crippen LogP contribution in [-0.2, 0) is 6.54 Å². The molecule has 0 amide bonds. The van der Waals surface area contributed by atoms with Crippen molar-refractivity contribution in [2.45, 2.75) is 6.54 Å². The smallest absolute Gasteiger partial charge is 0.279 e. The van der Waals surface area contributed by atoms with Gasteiger partial charge in [-0.05, 0) is 56.2 Å². The summed E-state index contributed by atoms with van der Waals surface area (Å²) in [5, 5.41) is 9.98. The topological polar surface area (TPSA) is 63.7 Å². The van der Waals surface area contributed by atoms with Crippen LogP contribution in [0.15, 0.2) is 56.9 Å². The van der Waals surface area contributed by atoms with Crippen LogP contribution in [0.2, 0.25) is 0 Å². The van der Waals surface area contributed by atoms with Crippen molar-refractivity contribution in [2.75, 3.05) is 0 Å². The zero-order valence-electron chi connectivity index (χ0n) is 11.2. The zero-order valence-corrected chi connectivity index (χ0v) is 14.9. The quantitative estimate of drug-likeness (QED) is 0.583. The molecule has 5 nitrogen and oxygen atoms in total. The predicted octanol–water partition coefficient (Wildman–Crippen LogP) is 2.58. The lowest BCUT2D eigenvalue weighted by Gasteiger charge is -2.10. The van der Waals surface area contributed by atoms with Crippen molar-refractivity contribution in [3.8, 4) is 5.75 Å². The van der Waals surface area contributed by atoms with Gasteiger partial charge in [0.1, 0.15) is 0 Å². The van der Waals surface area contributed by atoms with E-state index in [1.165, 1.54) is 15.2 Å². The van der Waals surface area contributed by atoms with Gasteiger partial charge in [-0.3, -0.25) is 9.59 Å². The number of benzene rings is 1. The molecule has 3 aromatic rings. The number of aromatic nitrogens is 2. The summed E-state index contributed by atoms with van der Waals surface area (Å²) in [6.07, 6.45) is 4.73. The molecule has 0 radical (unpaired) electrons. The Morgan fingerprint density at radius 2 is 2.00 bits per heavy atom. The largest absolute Gasteiger partial charge is 0.503 e. The summed E-state index contributed by atoms with van der Waals surface area (Å²) < 4.78 is 4.19. The van der Waals surface area contributed by atoms with E-state index in [-0.39, 0.29) is 9.99 Å². The molecule has 0 bridgehead atoms. The van der Waals surface area contributed by atoms with Crippen LogP contribution >= 0.6 is 38.5 Å². The highest BCUT2D eigenvalue weighted by molar-refractivity contribution is 14.1. The molecule has 1 N–H and O–H groups in total. The average Bonchev–Trinajstić information content (AvgIpc) is 2.48. The number of hydrogen-bond acceptors (Lipinski definition) is 3. The minimum Gasteiger partial charge on any atom is -0.503 e. The lowest BCUT2D eigenvalue weighted by molar-refractivity contribution is 0.471. The molecule has 1 aromatic carbocycles. The Balaban J connectivity index is 2.19. The van der Waals surface area contributed by atoms with Crippen LogP contribution in [0.1, 0.15) is 5.56 Å². The molecule has 2 aromatic heterocycles. The highest BCUT2D eigenvalue weighted by Gasteiger charge is 2.13. The van der Waals surface area contributed by atoms with Crippen LogP contribution in [0.4, 0.5) is 0 Å². The fourth-order valence-corrected chi connectivity index (χ4v) is 3.25. The van der Waals surface area contributed by atoms with E-state index in [2.05, 4.69) is 38.5 Å². The second kappa shape index (κ2) is 5.88. The van der Waals surface area contributed by atoms with Crippen molar-refractivity contribution < 1.29 is 5.11 Å². The Labute approximate surface area is 147 Å². The van der Waals surface area contributed by atoms with Gasteiger partial charge in [-0.15, -0.1) is 0 Å². The Hall–Kier alpha value is -1.61. The first-order valence-electron chi connectivity index (χ1n) is 6.34. The lowest BCUT2D eigenvalue weighted by atomic mass is 10.2. The van der Waals surface area contributed by atoms with Crippen molar-refractivity contribution in [3.05, 3.63) is 77.0 Å². The molecule has 0 unspecified atom stereocenters. The SMILES string of the molecule is O=c1c(Br)cn2ccn(Cc3cccc(I)c3)c(=O)c2c1O. The highest BCUT2D eigenvalue weighted by Crippen LogP contribution is 2.15. The number of aromatic hydroxyl groups is 1. The van der Waals surface area contributed by atoms with E-state index in [0.717, 1.165) is 9.13 Å². The summed E-state index contributed by atoms with van der Waals surface area (Å²) in [6.45, 7) is 0.371. The maximum atomic E-state index is 12.5. The summed E-state index contributed by atoms with van der Waals surface area (Å²) in [7, 11) is 0. The molecule has 0 saturated heterocycles. The molecule has 7 heteroatoms. The van der Waals surface area contributed by atoms with Crippen molar-refractivity contribution >= 4 is 44.0 Å². The summed E-state index contributed by atoms with van der Waals surface area (Å²) in [5.74, 6) is -0.545. The Morgan fingerprint density at radius 3 is 2.73 bits per heavy atom. The molecule has 3 rings (SSSR count). The zero-order chi connectivity index (χ0) is 15.9. The first-order valence-corrected chi connectivity index (χ1v) is 8.22. The number of rotatable bonds is 2. The first kappa shape index (κ1) is 15.3. The summed E-state index contributed by atoms with van der Waals surface area (Å²) in [6, 6.07) is 7.79. The second-order valence-corrected chi connectivity index (χ2v) is 6.87. The molecular weight excluding hydrogens is 463 g/mol.